The highest BCUT2D eigenvalue weighted by Gasteiger charge is 2.24. The van der Waals surface area contributed by atoms with Crippen molar-refractivity contribution < 1.29 is 9.47 Å². The van der Waals surface area contributed by atoms with E-state index in [1.54, 1.807) is 22.7 Å². The minimum atomic E-state index is 0.575. The van der Waals surface area contributed by atoms with Crippen molar-refractivity contribution in [2.24, 2.45) is 8.73 Å². The third-order valence-corrected chi connectivity index (χ3v) is 5.72. The number of hydrogen-bond acceptors (Lipinski definition) is 8. The molecule has 6 nitrogen and oxygen atoms in total. The van der Waals surface area contributed by atoms with Crippen LogP contribution in [0.15, 0.2) is 19.5 Å². The highest BCUT2D eigenvalue weighted by atomic mass is 32.1. The SMILES string of the molecule is c1sc(-c2scc3nc4c(nc23)N=S=N4)c2c1OCCO2. The molecule has 104 valence electrons. The summed E-state index contributed by atoms with van der Waals surface area (Å²) in [4.78, 5) is 11.2. The number of nitrogens with zero attached hydrogens (tertiary/aromatic N) is 4. The largest absolute Gasteiger partial charge is 0.485 e. The maximum Gasteiger partial charge on any atom is 0.213 e. The lowest BCUT2D eigenvalue weighted by Crippen LogP contribution is -2.14. The Labute approximate surface area is 130 Å². The number of hydrogen-bond donors (Lipinski definition) is 0. The summed E-state index contributed by atoms with van der Waals surface area (Å²) < 4.78 is 19.7. The molecule has 9 heteroatoms. The van der Waals surface area contributed by atoms with Gasteiger partial charge in [0, 0.05) is 10.8 Å². The molecule has 0 bridgehead atoms. The van der Waals surface area contributed by atoms with Crippen molar-refractivity contribution in [1.82, 2.24) is 9.97 Å². The fraction of sp³-hybridized carbons (Fsp3) is 0.167. The lowest BCUT2D eigenvalue weighted by molar-refractivity contribution is 0.174. The van der Waals surface area contributed by atoms with Crippen LogP contribution in [0.4, 0.5) is 11.6 Å². The summed E-state index contributed by atoms with van der Waals surface area (Å²) in [6, 6.07) is 0. The molecule has 0 radical (unpaired) electrons. The minimum absolute atomic E-state index is 0.575. The van der Waals surface area contributed by atoms with Crippen LogP contribution in [0.3, 0.4) is 0 Å². The zero-order valence-electron chi connectivity index (χ0n) is 10.4. The Morgan fingerprint density at radius 1 is 0.905 bits per heavy atom. The summed E-state index contributed by atoms with van der Waals surface area (Å²) >= 11 is 4.34. The number of aromatic nitrogens is 2. The van der Waals surface area contributed by atoms with Gasteiger partial charge in [-0.1, -0.05) is 0 Å². The zero-order valence-corrected chi connectivity index (χ0v) is 12.8. The fourth-order valence-electron chi connectivity index (χ4n) is 2.25. The molecule has 0 aliphatic carbocycles. The molecule has 5 rings (SSSR count). The highest BCUT2D eigenvalue weighted by molar-refractivity contribution is 7.58. The molecule has 0 fully saturated rings. The first-order valence-corrected chi connectivity index (χ1v) is 8.64. The average molecular weight is 334 g/mol. The van der Waals surface area contributed by atoms with Gasteiger partial charge in [0.15, 0.2) is 11.5 Å². The van der Waals surface area contributed by atoms with Gasteiger partial charge in [-0.2, -0.15) is 8.73 Å². The lowest BCUT2D eigenvalue weighted by Gasteiger charge is -2.15. The van der Waals surface area contributed by atoms with Crippen LogP contribution in [0.2, 0.25) is 0 Å². The van der Waals surface area contributed by atoms with Crippen LogP contribution < -0.4 is 9.47 Å². The maximum absolute atomic E-state index is 5.76. The van der Waals surface area contributed by atoms with Crippen molar-refractivity contribution in [3.05, 3.63) is 10.8 Å². The van der Waals surface area contributed by atoms with Gasteiger partial charge in [0.05, 0.1) is 21.1 Å². The van der Waals surface area contributed by atoms with Gasteiger partial charge in [0.2, 0.25) is 11.6 Å². The molecule has 21 heavy (non-hydrogen) atoms. The lowest BCUT2D eigenvalue weighted by atomic mass is 10.3. The van der Waals surface area contributed by atoms with Gasteiger partial charge in [0.1, 0.15) is 24.2 Å². The van der Waals surface area contributed by atoms with E-state index >= 15 is 0 Å². The Morgan fingerprint density at radius 3 is 2.67 bits per heavy atom. The summed E-state index contributed by atoms with van der Waals surface area (Å²) in [6.07, 6.45) is 0. The van der Waals surface area contributed by atoms with E-state index < -0.39 is 0 Å². The van der Waals surface area contributed by atoms with Crippen LogP contribution in [-0.2, 0) is 11.4 Å². The first-order valence-electron chi connectivity index (χ1n) is 6.15. The summed E-state index contributed by atoms with van der Waals surface area (Å²) in [5, 5.41) is 3.97. The number of ether oxygens (including phenoxy) is 2. The third kappa shape index (κ3) is 1.68. The summed E-state index contributed by atoms with van der Waals surface area (Å²) in [6.45, 7) is 1.17. The number of fused-ring (bicyclic) bond motifs is 3. The van der Waals surface area contributed by atoms with E-state index in [-0.39, 0.29) is 0 Å². The van der Waals surface area contributed by atoms with Crippen LogP contribution in [0.25, 0.3) is 20.8 Å². The Morgan fingerprint density at radius 2 is 1.71 bits per heavy atom. The van der Waals surface area contributed by atoms with Gasteiger partial charge >= 0.3 is 0 Å². The number of rotatable bonds is 1. The molecule has 0 saturated carbocycles. The fourth-order valence-corrected chi connectivity index (χ4v) is 4.71. The Bertz CT molecular complexity index is 955. The predicted molar refractivity (Wildman–Crippen MR) is 83.3 cm³/mol. The first kappa shape index (κ1) is 11.8. The molecule has 0 saturated heterocycles. The monoisotopic (exact) mass is 334 g/mol. The standard InChI is InChI=1S/C12H6N4O2S3/c1-2-18-8-6(17-1)4-20-10(8)9-7-5(3-19-9)13-11-12(14-7)16-21-15-11/h3-4H,1-2H2. The van der Waals surface area contributed by atoms with E-state index in [0.717, 1.165) is 43.6 Å². The van der Waals surface area contributed by atoms with Crippen LogP contribution in [0.5, 0.6) is 11.5 Å². The topological polar surface area (TPSA) is 69.0 Å². The van der Waals surface area contributed by atoms with Gasteiger partial charge in [-0.05, 0) is 0 Å². The van der Waals surface area contributed by atoms with E-state index in [4.69, 9.17) is 9.47 Å². The van der Waals surface area contributed by atoms with E-state index in [1.165, 1.54) is 0 Å². The summed E-state index contributed by atoms with van der Waals surface area (Å²) in [5.41, 5.74) is 1.69. The molecule has 0 spiro atoms. The van der Waals surface area contributed by atoms with Crippen LogP contribution in [0, 0.1) is 0 Å². The van der Waals surface area contributed by atoms with E-state index in [0.29, 0.717) is 24.8 Å². The van der Waals surface area contributed by atoms with E-state index in [2.05, 4.69) is 18.7 Å². The van der Waals surface area contributed by atoms with Gasteiger partial charge in [0.25, 0.3) is 0 Å². The second-order valence-corrected chi connectivity index (χ2v) is 6.68. The van der Waals surface area contributed by atoms with Gasteiger partial charge in [-0.25, -0.2) is 9.97 Å². The van der Waals surface area contributed by atoms with Crippen molar-refractivity contribution in [1.29, 1.82) is 0 Å². The number of thiophene rings is 2. The molecule has 2 aliphatic heterocycles. The molecule has 3 aromatic rings. The molecule has 0 unspecified atom stereocenters. The van der Waals surface area contributed by atoms with Crippen molar-refractivity contribution in [2.75, 3.05) is 13.2 Å². The van der Waals surface area contributed by atoms with Crippen LogP contribution in [0.1, 0.15) is 0 Å². The van der Waals surface area contributed by atoms with Gasteiger partial charge in [-0.15, -0.1) is 22.7 Å². The second kappa shape index (κ2) is 4.33. The molecule has 0 atom stereocenters. The third-order valence-electron chi connectivity index (χ3n) is 3.15. The highest BCUT2D eigenvalue weighted by Crippen LogP contribution is 2.49. The maximum atomic E-state index is 5.76. The van der Waals surface area contributed by atoms with Crippen molar-refractivity contribution in [3.63, 3.8) is 0 Å². The van der Waals surface area contributed by atoms with Gasteiger partial charge in [-0.3, -0.25) is 0 Å². The van der Waals surface area contributed by atoms with Gasteiger partial charge < -0.3 is 9.47 Å². The van der Waals surface area contributed by atoms with Crippen molar-refractivity contribution >= 4 is 56.7 Å². The smallest absolute Gasteiger partial charge is 0.213 e. The zero-order chi connectivity index (χ0) is 13.8. The van der Waals surface area contributed by atoms with Crippen molar-refractivity contribution in [2.45, 2.75) is 0 Å². The Balaban J connectivity index is 1.75. The summed E-state index contributed by atoms with van der Waals surface area (Å²) in [5.74, 6) is 2.82. The van der Waals surface area contributed by atoms with E-state index in [9.17, 15) is 0 Å². The van der Waals surface area contributed by atoms with E-state index in [1.807, 2.05) is 10.8 Å². The van der Waals surface area contributed by atoms with Crippen molar-refractivity contribution in [3.8, 4) is 21.3 Å². The first-order chi connectivity index (χ1) is 10.4. The molecule has 0 N–H and O–H groups in total. The molecule has 5 heterocycles. The molecular formula is C12H6N4O2S3. The summed E-state index contributed by atoms with van der Waals surface area (Å²) in [7, 11) is 0. The molecular weight excluding hydrogens is 328 g/mol. The molecule has 2 aliphatic rings. The quantitative estimate of drug-likeness (QED) is 0.529. The Kier molecular flexibility index (Phi) is 2.43. The molecule has 0 amide bonds. The van der Waals surface area contributed by atoms with Crippen LogP contribution in [-0.4, -0.2) is 23.2 Å². The second-order valence-electron chi connectivity index (χ2n) is 4.39. The minimum Gasteiger partial charge on any atom is -0.485 e. The van der Waals surface area contributed by atoms with Crippen LogP contribution >= 0.6 is 22.7 Å². The molecule has 3 aromatic heterocycles. The predicted octanol–water partition coefficient (Wildman–Crippen LogP) is 3.92. The average Bonchev–Trinajstić information content (AvgIpc) is 3.21. The normalized spacial score (nSPS) is 15.2. The molecule has 0 aromatic carbocycles. The Hall–Kier alpha value is -1.84.